The van der Waals surface area contributed by atoms with Crippen LogP contribution in [0.5, 0.6) is 0 Å². The van der Waals surface area contributed by atoms with Crippen LogP contribution in [0.15, 0.2) is 0 Å². The molecule has 0 aliphatic heterocycles. The maximum Gasteiger partial charge on any atom is 0.306 e. The lowest BCUT2D eigenvalue weighted by Gasteiger charge is -2.28. The van der Waals surface area contributed by atoms with E-state index in [1.807, 2.05) is 0 Å². The summed E-state index contributed by atoms with van der Waals surface area (Å²) in [4.78, 5) is 69.1. The topological polar surface area (TPSA) is 195 Å². The van der Waals surface area contributed by atoms with Crippen LogP contribution in [0.2, 0.25) is 0 Å². The normalized spacial score (nSPS) is 14.2. The van der Waals surface area contributed by atoms with Crippen molar-refractivity contribution in [2.45, 2.75) is 83.7 Å². The number of rotatable bonds is 17. The van der Waals surface area contributed by atoms with E-state index in [-0.39, 0.29) is 38.5 Å². The number of carboxylic acid groups (broad SMARTS) is 4. The molecule has 0 unspecified atom stereocenters. The maximum absolute atomic E-state index is 12.8. The van der Waals surface area contributed by atoms with Crippen LogP contribution in [0, 0.1) is 11.8 Å². The number of carbonyl (C=O) groups is 6. The molecule has 0 aromatic heterocycles. The second kappa shape index (κ2) is 13.6. The predicted octanol–water partition coefficient (Wildman–Crippen LogP) is 1.57. The highest BCUT2D eigenvalue weighted by Crippen LogP contribution is 2.19. The summed E-state index contributed by atoms with van der Waals surface area (Å²) in [6, 6.07) is -0.882. The van der Waals surface area contributed by atoms with Crippen LogP contribution in [0.4, 0.5) is 0 Å². The number of carboxylic acids is 4. The van der Waals surface area contributed by atoms with E-state index in [0.29, 0.717) is 0 Å². The molecule has 11 heteroatoms. The molecule has 0 aliphatic carbocycles. The van der Waals surface area contributed by atoms with Crippen molar-refractivity contribution in [3.05, 3.63) is 0 Å². The summed E-state index contributed by atoms with van der Waals surface area (Å²) in [7, 11) is 0. The van der Waals surface area contributed by atoms with E-state index < -0.39 is 71.7 Å². The highest BCUT2D eigenvalue weighted by atomic mass is 16.4. The zero-order valence-electron chi connectivity index (χ0n) is 18.6. The first kappa shape index (κ1) is 29.2. The Morgan fingerprint density at radius 1 is 0.688 bits per heavy atom. The van der Waals surface area contributed by atoms with Gasteiger partial charge in [0.25, 0.3) is 0 Å². The van der Waals surface area contributed by atoms with E-state index in [1.54, 1.807) is 20.8 Å². The molecule has 0 fully saturated rings. The molecule has 0 aromatic carbocycles. The van der Waals surface area contributed by atoms with Crippen LogP contribution in [0.3, 0.4) is 0 Å². The van der Waals surface area contributed by atoms with Crippen molar-refractivity contribution in [2.24, 2.45) is 11.8 Å². The van der Waals surface area contributed by atoms with Gasteiger partial charge < -0.3 is 25.7 Å². The molecule has 0 saturated heterocycles. The van der Waals surface area contributed by atoms with Gasteiger partial charge in [-0.05, 0) is 40.0 Å². The third-order valence-corrected chi connectivity index (χ3v) is 4.74. The molecule has 0 spiro atoms. The molecule has 0 aliphatic rings. The number of Topliss-reactive ketones (excluding diaryl/α,β-unsaturated/α-hetero) is 2. The molecule has 32 heavy (non-hydrogen) atoms. The first-order chi connectivity index (χ1) is 14.6. The lowest BCUT2D eigenvalue weighted by molar-refractivity contribution is -0.146. The van der Waals surface area contributed by atoms with Crippen LogP contribution < -0.4 is 5.32 Å². The van der Waals surface area contributed by atoms with E-state index in [1.165, 1.54) is 0 Å². The first-order valence-corrected chi connectivity index (χ1v) is 10.3. The summed E-state index contributed by atoms with van der Waals surface area (Å²) in [6.07, 6.45) is -2.09. The molecule has 182 valence electrons. The van der Waals surface area contributed by atoms with Crippen LogP contribution in [-0.4, -0.2) is 67.5 Å². The number of hydrogen-bond donors (Lipinski definition) is 5. The Hall–Kier alpha value is -2.82. The molecule has 5 N–H and O–H groups in total. The number of carbonyl (C=O) groups excluding carboxylic acids is 2. The van der Waals surface area contributed by atoms with Crippen LogP contribution in [0.1, 0.15) is 72.1 Å². The Bertz CT molecular complexity index is 710. The summed E-state index contributed by atoms with van der Waals surface area (Å²) in [5, 5.41) is 39.0. The summed E-state index contributed by atoms with van der Waals surface area (Å²) in [6.45, 7) is 5.34. The Morgan fingerprint density at radius 3 is 1.50 bits per heavy atom. The zero-order valence-corrected chi connectivity index (χ0v) is 18.6. The summed E-state index contributed by atoms with van der Waals surface area (Å²) < 4.78 is 0. The summed E-state index contributed by atoms with van der Waals surface area (Å²) >= 11 is 0. The lowest BCUT2D eigenvalue weighted by atomic mass is 9.90. The van der Waals surface area contributed by atoms with Gasteiger partial charge in [-0.3, -0.25) is 28.8 Å². The molecule has 3 atom stereocenters. The second-order valence-electron chi connectivity index (χ2n) is 8.83. The van der Waals surface area contributed by atoms with Gasteiger partial charge in [0.15, 0.2) is 5.78 Å². The van der Waals surface area contributed by atoms with Crippen LogP contribution in [0.25, 0.3) is 0 Å². The standard InChI is InChI=1S/C21H33NO10/c1-21(2,3)22-15(16(24)11-13(20(31)32)5-9-18(27)28)7-6-14(23)10-12(19(29)30)4-8-17(25)26/h12-13,15,22H,4-11H2,1-3H3,(H,25,26)(H,27,28)(H,29,30)(H,31,32)/t12-,13-,15+/m1/s1. The number of ketones is 2. The third kappa shape index (κ3) is 13.5. The van der Waals surface area contributed by atoms with E-state index in [2.05, 4.69) is 5.32 Å². The van der Waals surface area contributed by atoms with Gasteiger partial charge >= 0.3 is 23.9 Å². The minimum absolute atomic E-state index is 0.00543. The molecular formula is C21H33NO10. The average molecular weight is 459 g/mol. The maximum atomic E-state index is 12.8. The van der Waals surface area contributed by atoms with Crippen molar-refractivity contribution in [3.63, 3.8) is 0 Å². The molecule has 0 amide bonds. The van der Waals surface area contributed by atoms with Crippen molar-refractivity contribution in [3.8, 4) is 0 Å². The molecule has 11 nitrogen and oxygen atoms in total. The van der Waals surface area contributed by atoms with Crippen molar-refractivity contribution < 1.29 is 49.2 Å². The number of aliphatic carboxylic acids is 4. The van der Waals surface area contributed by atoms with Crippen molar-refractivity contribution in [2.75, 3.05) is 0 Å². The van der Waals surface area contributed by atoms with Gasteiger partial charge in [0.1, 0.15) is 5.78 Å². The SMILES string of the molecule is CC(C)(C)N[C@@H](CCC(=O)C[C@@H](CCC(=O)O)C(=O)O)C(=O)C[C@@H](CCC(=O)O)C(=O)O. The highest BCUT2D eigenvalue weighted by molar-refractivity contribution is 5.89. The van der Waals surface area contributed by atoms with Crippen molar-refractivity contribution in [1.82, 2.24) is 5.32 Å². The van der Waals surface area contributed by atoms with Crippen molar-refractivity contribution >= 4 is 35.4 Å². The fourth-order valence-electron chi connectivity index (χ4n) is 3.12. The molecule has 0 radical (unpaired) electrons. The fourth-order valence-corrected chi connectivity index (χ4v) is 3.12. The Kier molecular flexibility index (Phi) is 12.4. The first-order valence-electron chi connectivity index (χ1n) is 10.3. The molecule has 0 bridgehead atoms. The Balaban J connectivity index is 5.14. The average Bonchev–Trinajstić information content (AvgIpc) is 2.63. The van der Waals surface area contributed by atoms with E-state index in [4.69, 9.17) is 10.2 Å². The molecule has 0 heterocycles. The molecular weight excluding hydrogens is 426 g/mol. The lowest BCUT2D eigenvalue weighted by Crippen LogP contribution is -2.48. The highest BCUT2D eigenvalue weighted by Gasteiger charge is 2.30. The summed E-state index contributed by atoms with van der Waals surface area (Å²) in [5.41, 5.74) is -0.547. The van der Waals surface area contributed by atoms with Gasteiger partial charge in [0, 0.05) is 37.6 Å². The largest absolute Gasteiger partial charge is 0.481 e. The van der Waals surface area contributed by atoms with Gasteiger partial charge in [-0.2, -0.15) is 0 Å². The number of nitrogens with one attached hydrogen (secondary N) is 1. The predicted molar refractivity (Wildman–Crippen MR) is 111 cm³/mol. The molecule has 0 rings (SSSR count). The van der Waals surface area contributed by atoms with Crippen molar-refractivity contribution in [1.29, 1.82) is 0 Å². The van der Waals surface area contributed by atoms with E-state index >= 15 is 0 Å². The van der Waals surface area contributed by atoms with Crippen LogP contribution in [-0.2, 0) is 28.8 Å². The monoisotopic (exact) mass is 459 g/mol. The molecule has 0 saturated carbocycles. The quantitative estimate of drug-likeness (QED) is 0.212. The Labute approximate surface area is 186 Å². The van der Waals surface area contributed by atoms with Gasteiger partial charge in [0.05, 0.1) is 17.9 Å². The van der Waals surface area contributed by atoms with E-state index in [9.17, 15) is 39.0 Å². The van der Waals surface area contributed by atoms with Crippen LogP contribution >= 0.6 is 0 Å². The van der Waals surface area contributed by atoms with Gasteiger partial charge in [-0.1, -0.05) is 0 Å². The minimum atomic E-state index is -1.28. The smallest absolute Gasteiger partial charge is 0.306 e. The fraction of sp³-hybridized carbons (Fsp3) is 0.714. The Morgan fingerprint density at radius 2 is 1.12 bits per heavy atom. The number of hydrogen-bond acceptors (Lipinski definition) is 7. The van der Waals surface area contributed by atoms with Gasteiger partial charge in [-0.25, -0.2) is 0 Å². The molecule has 0 aromatic rings. The second-order valence-corrected chi connectivity index (χ2v) is 8.83. The van der Waals surface area contributed by atoms with Gasteiger partial charge in [-0.15, -0.1) is 0 Å². The van der Waals surface area contributed by atoms with E-state index in [0.717, 1.165) is 0 Å². The third-order valence-electron chi connectivity index (χ3n) is 4.74. The summed E-state index contributed by atoms with van der Waals surface area (Å²) in [5.74, 6) is -8.14. The van der Waals surface area contributed by atoms with Gasteiger partial charge in [0.2, 0.25) is 0 Å². The zero-order chi connectivity index (χ0) is 25.1. The minimum Gasteiger partial charge on any atom is -0.481 e.